The third-order valence-electron chi connectivity index (χ3n) is 5.29. The van der Waals surface area contributed by atoms with Gasteiger partial charge in [0.05, 0.1) is 18.5 Å². The van der Waals surface area contributed by atoms with E-state index in [4.69, 9.17) is 10.5 Å². The molecule has 0 radical (unpaired) electrons. The van der Waals surface area contributed by atoms with Gasteiger partial charge in [-0.25, -0.2) is 4.98 Å². The van der Waals surface area contributed by atoms with E-state index in [9.17, 15) is 9.90 Å². The molecule has 2 aliphatic heterocycles. The zero-order chi connectivity index (χ0) is 17.0. The maximum atomic E-state index is 11.3. The number of rotatable bonds is 5. The van der Waals surface area contributed by atoms with Crippen LogP contribution in [0.2, 0.25) is 0 Å². The quantitative estimate of drug-likeness (QED) is 0.836. The van der Waals surface area contributed by atoms with Crippen molar-refractivity contribution >= 4 is 11.7 Å². The van der Waals surface area contributed by atoms with Gasteiger partial charge in [0.1, 0.15) is 11.5 Å². The number of anilines is 1. The smallest absolute Gasteiger partial charge is 0.268 e. The third kappa shape index (κ3) is 3.84. The van der Waals surface area contributed by atoms with Crippen LogP contribution in [0.1, 0.15) is 49.0 Å². The molecule has 2 saturated heterocycles. The Morgan fingerprint density at radius 3 is 2.79 bits per heavy atom. The lowest BCUT2D eigenvalue weighted by Gasteiger charge is -2.43. The van der Waals surface area contributed by atoms with Gasteiger partial charge >= 0.3 is 0 Å². The van der Waals surface area contributed by atoms with Crippen LogP contribution in [0.3, 0.4) is 0 Å². The summed E-state index contributed by atoms with van der Waals surface area (Å²) in [7, 11) is 0. The standard InChI is InChI=1S/C17H26N4O3/c18-16(23)14-10-19-11-15(20-14)21-6-4-17(12-22,5-7-21)9-13-3-1-2-8-24-13/h10-11,13,22H,1-9,12H2,(H2,18,23)/t13-/m1/s1. The number of amides is 1. The average Bonchev–Trinajstić information content (AvgIpc) is 2.63. The molecule has 0 aliphatic carbocycles. The van der Waals surface area contributed by atoms with E-state index >= 15 is 0 Å². The molecule has 0 bridgehead atoms. The van der Waals surface area contributed by atoms with Gasteiger partial charge in [-0.2, -0.15) is 0 Å². The normalized spacial score (nSPS) is 23.9. The van der Waals surface area contributed by atoms with E-state index < -0.39 is 5.91 Å². The number of carbonyl (C=O) groups is 1. The molecule has 0 aromatic carbocycles. The molecule has 132 valence electrons. The van der Waals surface area contributed by atoms with Crippen LogP contribution in [-0.4, -0.2) is 53.4 Å². The van der Waals surface area contributed by atoms with Gasteiger partial charge in [-0.3, -0.25) is 9.78 Å². The van der Waals surface area contributed by atoms with E-state index in [-0.39, 0.29) is 23.8 Å². The Morgan fingerprint density at radius 1 is 1.38 bits per heavy atom. The summed E-state index contributed by atoms with van der Waals surface area (Å²) in [6.45, 7) is 2.59. The summed E-state index contributed by atoms with van der Waals surface area (Å²) in [6.07, 6.45) is 9.45. The molecule has 0 unspecified atom stereocenters. The fourth-order valence-electron chi connectivity index (χ4n) is 3.72. The minimum absolute atomic E-state index is 0.0762. The Morgan fingerprint density at radius 2 is 2.17 bits per heavy atom. The fraction of sp³-hybridized carbons (Fsp3) is 0.706. The molecule has 1 aromatic rings. The van der Waals surface area contributed by atoms with Crippen LogP contribution in [0, 0.1) is 5.41 Å². The number of nitrogens with two attached hydrogens (primary N) is 1. The molecule has 24 heavy (non-hydrogen) atoms. The minimum atomic E-state index is -0.569. The minimum Gasteiger partial charge on any atom is -0.396 e. The number of aromatic nitrogens is 2. The van der Waals surface area contributed by atoms with Gasteiger partial charge in [-0.15, -0.1) is 0 Å². The summed E-state index contributed by atoms with van der Waals surface area (Å²) in [6, 6.07) is 0. The molecular formula is C17H26N4O3. The molecule has 2 fully saturated rings. The van der Waals surface area contributed by atoms with Gasteiger partial charge in [0, 0.05) is 26.3 Å². The van der Waals surface area contributed by atoms with E-state index in [0.717, 1.165) is 51.8 Å². The van der Waals surface area contributed by atoms with Crippen LogP contribution in [0.5, 0.6) is 0 Å². The van der Waals surface area contributed by atoms with Gasteiger partial charge < -0.3 is 20.5 Å². The Bertz CT molecular complexity index is 567. The lowest BCUT2D eigenvalue weighted by molar-refractivity contribution is -0.0355. The van der Waals surface area contributed by atoms with Crippen LogP contribution in [0.4, 0.5) is 5.82 Å². The van der Waals surface area contributed by atoms with Crippen molar-refractivity contribution in [3.8, 4) is 0 Å². The lowest BCUT2D eigenvalue weighted by atomic mass is 9.74. The topological polar surface area (TPSA) is 102 Å². The highest BCUT2D eigenvalue weighted by molar-refractivity contribution is 5.90. The number of carbonyl (C=O) groups excluding carboxylic acids is 1. The van der Waals surface area contributed by atoms with Crippen LogP contribution >= 0.6 is 0 Å². The number of aliphatic hydroxyl groups is 1. The molecule has 7 nitrogen and oxygen atoms in total. The van der Waals surface area contributed by atoms with Crippen molar-refractivity contribution in [2.45, 2.75) is 44.6 Å². The van der Waals surface area contributed by atoms with Gasteiger partial charge in [0.25, 0.3) is 5.91 Å². The number of aliphatic hydroxyl groups excluding tert-OH is 1. The summed E-state index contributed by atoms with van der Waals surface area (Å²) in [5, 5.41) is 9.98. The van der Waals surface area contributed by atoms with E-state index in [1.807, 2.05) is 0 Å². The highest BCUT2D eigenvalue weighted by Gasteiger charge is 2.37. The van der Waals surface area contributed by atoms with Crippen molar-refractivity contribution in [1.82, 2.24) is 9.97 Å². The first kappa shape index (κ1) is 17.1. The first-order valence-electron chi connectivity index (χ1n) is 8.71. The average molecular weight is 334 g/mol. The Hall–Kier alpha value is -1.73. The van der Waals surface area contributed by atoms with Crippen molar-refractivity contribution in [3.63, 3.8) is 0 Å². The maximum absolute atomic E-state index is 11.3. The Kier molecular flexibility index (Phi) is 5.30. The lowest BCUT2D eigenvalue weighted by Crippen LogP contribution is -2.44. The van der Waals surface area contributed by atoms with E-state index in [1.165, 1.54) is 12.6 Å². The molecule has 3 rings (SSSR count). The van der Waals surface area contributed by atoms with Crippen molar-refractivity contribution in [3.05, 3.63) is 18.1 Å². The number of nitrogens with zero attached hydrogens (tertiary/aromatic N) is 3. The Labute approximate surface area is 142 Å². The molecule has 2 aliphatic rings. The predicted octanol–water partition coefficient (Wildman–Crippen LogP) is 1.11. The summed E-state index contributed by atoms with van der Waals surface area (Å²) < 4.78 is 5.86. The van der Waals surface area contributed by atoms with Crippen molar-refractivity contribution in [2.24, 2.45) is 11.1 Å². The monoisotopic (exact) mass is 334 g/mol. The predicted molar refractivity (Wildman–Crippen MR) is 89.7 cm³/mol. The van der Waals surface area contributed by atoms with Crippen LogP contribution in [0.25, 0.3) is 0 Å². The summed E-state index contributed by atoms with van der Waals surface area (Å²) in [5.74, 6) is 0.104. The number of primary amides is 1. The second-order valence-electron chi connectivity index (χ2n) is 6.96. The van der Waals surface area contributed by atoms with Gasteiger partial charge in [-0.05, 0) is 43.9 Å². The number of hydrogen-bond donors (Lipinski definition) is 2. The molecule has 1 amide bonds. The SMILES string of the molecule is NC(=O)c1cncc(N2CCC(CO)(C[C@H]3CCCCO3)CC2)n1. The molecule has 0 saturated carbocycles. The zero-order valence-electron chi connectivity index (χ0n) is 14.0. The summed E-state index contributed by atoms with van der Waals surface area (Å²) in [5.41, 5.74) is 5.38. The first-order chi connectivity index (χ1) is 11.6. The molecule has 7 heteroatoms. The van der Waals surface area contributed by atoms with Crippen molar-refractivity contribution in [2.75, 3.05) is 31.2 Å². The Balaban J connectivity index is 1.63. The van der Waals surface area contributed by atoms with Gasteiger partial charge in [0.2, 0.25) is 0 Å². The van der Waals surface area contributed by atoms with Crippen LogP contribution < -0.4 is 10.6 Å². The van der Waals surface area contributed by atoms with E-state index in [1.54, 1.807) is 6.20 Å². The maximum Gasteiger partial charge on any atom is 0.268 e. The summed E-state index contributed by atoms with van der Waals surface area (Å²) in [4.78, 5) is 21.7. The highest BCUT2D eigenvalue weighted by Crippen LogP contribution is 2.38. The summed E-state index contributed by atoms with van der Waals surface area (Å²) >= 11 is 0. The fourth-order valence-corrected chi connectivity index (χ4v) is 3.72. The van der Waals surface area contributed by atoms with Crippen LogP contribution in [0.15, 0.2) is 12.4 Å². The molecule has 1 aromatic heterocycles. The van der Waals surface area contributed by atoms with Crippen molar-refractivity contribution in [1.29, 1.82) is 0 Å². The van der Waals surface area contributed by atoms with E-state index in [2.05, 4.69) is 14.9 Å². The van der Waals surface area contributed by atoms with E-state index in [0.29, 0.717) is 5.82 Å². The second-order valence-corrected chi connectivity index (χ2v) is 6.96. The first-order valence-corrected chi connectivity index (χ1v) is 8.71. The molecule has 0 spiro atoms. The number of piperidine rings is 1. The zero-order valence-corrected chi connectivity index (χ0v) is 14.0. The third-order valence-corrected chi connectivity index (χ3v) is 5.29. The largest absolute Gasteiger partial charge is 0.396 e. The van der Waals surface area contributed by atoms with Gasteiger partial charge in [0.15, 0.2) is 0 Å². The van der Waals surface area contributed by atoms with Crippen LogP contribution in [-0.2, 0) is 4.74 Å². The highest BCUT2D eigenvalue weighted by atomic mass is 16.5. The molecule has 3 heterocycles. The molecular weight excluding hydrogens is 308 g/mol. The number of hydrogen-bond acceptors (Lipinski definition) is 6. The second kappa shape index (κ2) is 7.44. The van der Waals surface area contributed by atoms with Crippen molar-refractivity contribution < 1.29 is 14.6 Å². The molecule has 3 N–H and O–H groups in total. The molecule has 1 atom stereocenters. The number of ether oxygens (including phenoxy) is 1. The van der Waals surface area contributed by atoms with Gasteiger partial charge in [-0.1, -0.05) is 0 Å².